The van der Waals surface area contributed by atoms with Crippen molar-refractivity contribution in [2.75, 3.05) is 0 Å². The van der Waals surface area contributed by atoms with Gasteiger partial charge >= 0.3 is 0 Å². The zero-order valence-electron chi connectivity index (χ0n) is 33.0. The monoisotopic (exact) mass is 898 g/mol. The van der Waals surface area contributed by atoms with E-state index < -0.39 is 5.89 Å². The number of aryl methyl sites for hydroxylation is 1. The average molecular weight is 899 g/mol. The molecule has 0 unspecified atom stereocenters. The van der Waals surface area contributed by atoms with Crippen molar-refractivity contribution >= 4 is 11.0 Å². The molecule has 6 aromatic carbocycles. The van der Waals surface area contributed by atoms with Crippen molar-refractivity contribution in [3.05, 3.63) is 168 Å². The Labute approximate surface area is 340 Å². The molecule has 0 saturated heterocycles. The van der Waals surface area contributed by atoms with E-state index in [1.54, 1.807) is 6.07 Å². The molecular formula is C50H44N3OPt-. The molecule has 55 heavy (non-hydrogen) atoms. The van der Waals surface area contributed by atoms with Crippen LogP contribution in [-0.2, 0) is 26.5 Å². The molecule has 8 rings (SSSR count). The van der Waals surface area contributed by atoms with Gasteiger partial charge in [-0.25, -0.2) is 4.98 Å². The van der Waals surface area contributed by atoms with Crippen molar-refractivity contribution in [1.29, 1.82) is 0 Å². The Balaban J connectivity index is 0.00000480. The van der Waals surface area contributed by atoms with E-state index in [0.717, 1.165) is 72.5 Å². The van der Waals surface area contributed by atoms with Crippen molar-refractivity contribution in [3.8, 4) is 67.5 Å². The van der Waals surface area contributed by atoms with Crippen LogP contribution in [0.3, 0.4) is 0 Å². The first-order chi connectivity index (χ1) is 26.3. The van der Waals surface area contributed by atoms with E-state index in [1.165, 1.54) is 5.56 Å². The van der Waals surface area contributed by atoms with Gasteiger partial charge in [-0.1, -0.05) is 142 Å². The second kappa shape index (κ2) is 15.3. The van der Waals surface area contributed by atoms with Gasteiger partial charge in [-0.2, -0.15) is 0 Å². The minimum Gasteiger partial charge on any atom is -0.507 e. The smallest absolute Gasteiger partial charge is 0.148 e. The maximum atomic E-state index is 11.3. The Morgan fingerprint density at radius 2 is 1.38 bits per heavy atom. The fourth-order valence-corrected chi connectivity index (χ4v) is 7.04. The Kier molecular flexibility index (Phi) is 10.1. The minimum atomic E-state index is -0.861. The molecule has 276 valence electrons. The number of fused-ring (bicyclic) bond motifs is 1. The molecule has 0 amide bonds. The molecule has 0 aliphatic heterocycles. The number of phenolic OH excluding ortho intramolecular Hbond substituents is 1. The fourth-order valence-electron chi connectivity index (χ4n) is 7.04. The van der Waals surface area contributed by atoms with Crippen LogP contribution in [0, 0.1) is 13.0 Å². The summed E-state index contributed by atoms with van der Waals surface area (Å²) in [5, 5.41) is 11.3. The molecular weight excluding hydrogens is 854 g/mol. The van der Waals surface area contributed by atoms with Gasteiger partial charge in [0.05, 0.1) is 16.6 Å². The van der Waals surface area contributed by atoms with Gasteiger partial charge < -0.3 is 5.11 Å². The third kappa shape index (κ3) is 7.57. The summed E-state index contributed by atoms with van der Waals surface area (Å²) in [5.41, 5.74) is 14.1. The third-order valence-corrected chi connectivity index (χ3v) is 10.1. The van der Waals surface area contributed by atoms with Crippen LogP contribution in [0.4, 0.5) is 0 Å². The van der Waals surface area contributed by atoms with E-state index in [1.807, 2.05) is 56.4 Å². The summed E-state index contributed by atoms with van der Waals surface area (Å²) in [5.74, 6) is -0.109. The molecule has 0 bridgehead atoms. The second-order valence-corrected chi connectivity index (χ2v) is 15.3. The van der Waals surface area contributed by atoms with Crippen molar-refractivity contribution in [2.24, 2.45) is 0 Å². The molecule has 1 N–H and O–H groups in total. The SMILES string of the molecule is [2H]C(C)(C)c1cc(-c2ccccc2)cc(-n2c(-c3ccccc3O)nc3c(-c4[c-]c(-c5cc(-c6ccc(C)cc6)ccn5)cc(C(C)(C)C)c4)cccc32)c1.[Pt]. The number of rotatable bonds is 7. The number of pyridine rings is 1. The summed E-state index contributed by atoms with van der Waals surface area (Å²) in [7, 11) is 0. The number of hydrogen-bond donors (Lipinski definition) is 1. The summed E-state index contributed by atoms with van der Waals surface area (Å²) in [6.45, 7) is 12.6. The molecule has 0 saturated carbocycles. The van der Waals surface area contributed by atoms with Crippen molar-refractivity contribution in [3.63, 3.8) is 0 Å². The van der Waals surface area contributed by atoms with E-state index >= 15 is 0 Å². The van der Waals surface area contributed by atoms with Gasteiger partial charge in [0.2, 0.25) is 0 Å². The van der Waals surface area contributed by atoms with Crippen LogP contribution >= 0.6 is 0 Å². The molecule has 2 aromatic heterocycles. The number of benzene rings is 6. The van der Waals surface area contributed by atoms with E-state index in [4.69, 9.17) is 11.3 Å². The number of phenols is 1. The summed E-state index contributed by atoms with van der Waals surface area (Å²) in [6, 6.07) is 51.1. The van der Waals surface area contributed by atoms with E-state index in [9.17, 15) is 5.11 Å². The topological polar surface area (TPSA) is 50.9 Å². The predicted octanol–water partition coefficient (Wildman–Crippen LogP) is 13.0. The van der Waals surface area contributed by atoms with Gasteiger partial charge in [-0.05, 0) is 82.4 Å². The number of hydrogen-bond acceptors (Lipinski definition) is 3. The normalized spacial score (nSPS) is 12.0. The predicted molar refractivity (Wildman–Crippen MR) is 224 cm³/mol. The third-order valence-electron chi connectivity index (χ3n) is 10.1. The molecule has 0 fully saturated rings. The van der Waals surface area contributed by atoms with Crippen LogP contribution < -0.4 is 0 Å². The van der Waals surface area contributed by atoms with Gasteiger partial charge in [0.15, 0.2) is 0 Å². The molecule has 0 atom stereocenters. The first-order valence-corrected chi connectivity index (χ1v) is 18.5. The van der Waals surface area contributed by atoms with Crippen LogP contribution in [0.1, 0.15) is 58.6 Å². The van der Waals surface area contributed by atoms with Crippen molar-refractivity contribution < 1.29 is 27.5 Å². The number of para-hydroxylation sites is 2. The van der Waals surface area contributed by atoms with E-state index in [0.29, 0.717) is 11.4 Å². The fraction of sp³-hybridized carbons (Fsp3) is 0.160. The van der Waals surface area contributed by atoms with Crippen LogP contribution in [0.5, 0.6) is 5.75 Å². The first-order valence-electron chi connectivity index (χ1n) is 19.0. The maximum absolute atomic E-state index is 11.3. The Hall–Kier alpha value is -5.57. The molecule has 0 spiro atoms. The number of aromatic nitrogens is 3. The molecule has 4 nitrogen and oxygen atoms in total. The minimum absolute atomic E-state index is 0. The summed E-state index contributed by atoms with van der Waals surface area (Å²) < 4.78 is 11.2. The van der Waals surface area contributed by atoms with Crippen LogP contribution in [0.25, 0.3) is 72.7 Å². The number of imidazole rings is 1. The quantitative estimate of drug-likeness (QED) is 0.162. The summed E-state index contributed by atoms with van der Waals surface area (Å²) in [6.07, 6.45) is 1.87. The molecule has 0 radical (unpaired) electrons. The molecule has 2 heterocycles. The zero-order chi connectivity index (χ0) is 38.5. The Morgan fingerprint density at radius 3 is 2.11 bits per heavy atom. The van der Waals surface area contributed by atoms with Crippen molar-refractivity contribution in [1.82, 2.24) is 14.5 Å². The average Bonchev–Trinajstić information content (AvgIpc) is 3.57. The largest absolute Gasteiger partial charge is 0.507 e. The Morgan fingerprint density at radius 1 is 0.691 bits per heavy atom. The molecule has 0 aliphatic carbocycles. The zero-order valence-corrected chi connectivity index (χ0v) is 34.2. The Bertz CT molecular complexity index is 2690. The maximum Gasteiger partial charge on any atom is 0.148 e. The second-order valence-electron chi connectivity index (χ2n) is 15.3. The van der Waals surface area contributed by atoms with Gasteiger partial charge in [0, 0.05) is 40.0 Å². The molecule has 0 aliphatic rings. The summed E-state index contributed by atoms with van der Waals surface area (Å²) >= 11 is 0. The molecule has 8 aromatic rings. The molecule has 5 heteroatoms. The van der Waals surface area contributed by atoms with Crippen molar-refractivity contribution in [2.45, 2.75) is 52.9 Å². The van der Waals surface area contributed by atoms with E-state index in [-0.39, 0.29) is 32.2 Å². The summed E-state index contributed by atoms with van der Waals surface area (Å²) in [4.78, 5) is 10.2. The van der Waals surface area contributed by atoms with Gasteiger partial charge in [-0.3, -0.25) is 9.55 Å². The van der Waals surface area contributed by atoms with Crippen LogP contribution in [0.15, 0.2) is 146 Å². The van der Waals surface area contributed by atoms with E-state index in [2.05, 4.69) is 135 Å². The van der Waals surface area contributed by atoms with Gasteiger partial charge in [0.1, 0.15) is 11.6 Å². The standard InChI is InChI=1S/C50H44N3O.Pt/c1-32(2)37-25-38(34-13-8-7-9-14-34)30-42(29-37)53-46-17-12-16-43(48(46)52-49(53)44-15-10-11-18-47(44)54)39-26-40(28-41(27-39)50(4,5)6)45-31-36(23-24-51-45)35-21-19-33(3)20-22-35;/h7-25,27-32,54H,1-6H3;/q-1;/i32D;. The number of nitrogens with zero attached hydrogens (tertiary/aromatic N) is 3. The van der Waals surface area contributed by atoms with Gasteiger partial charge in [-0.15, -0.1) is 29.3 Å². The van der Waals surface area contributed by atoms with Gasteiger partial charge in [0.25, 0.3) is 0 Å². The van der Waals surface area contributed by atoms with Crippen LogP contribution in [0.2, 0.25) is 0 Å². The first kappa shape index (κ1) is 36.4. The van der Waals surface area contributed by atoms with Crippen LogP contribution in [-0.4, -0.2) is 19.6 Å². The number of aromatic hydroxyl groups is 1.